The minimum atomic E-state index is -1.30. The number of carboxylic acid groups (broad SMARTS) is 1. The van der Waals surface area contributed by atoms with Crippen LogP contribution in [0, 0.1) is 24.6 Å². The van der Waals surface area contributed by atoms with Crippen molar-refractivity contribution in [1.82, 2.24) is 21.3 Å². The first kappa shape index (κ1) is 36.8. The molecule has 0 aliphatic carbocycles. The van der Waals surface area contributed by atoms with E-state index in [0.717, 1.165) is 11.3 Å². The topological polar surface area (TPSA) is 209 Å². The highest BCUT2D eigenvalue weighted by Crippen LogP contribution is 2.34. The molecule has 0 fully saturated rings. The zero-order valence-electron chi connectivity index (χ0n) is 25.9. The maximum atomic E-state index is 13.4. The quantitative estimate of drug-likeness (QED) is 0.0998. The van der Waals surface area contributed by atoms with Gasteiger partial charge in [0.15, 0.2) is 0 Å². The average Bonchev–Trinajstić information content (AvgIpc) is 3.32. The number of nitrogens with one attached hydrogen (secondary N) is 5. The van der Waals surface area contributed by atoms with Gasteiger partial charge in [0.05, 0.1) is 28.3 Å². The molecule has 0 aliphatic rings. The summed E-state index contributed by atoms with van der Waals surface area (Å²) in [5, 5.41) is 22.4. The molecule has 0 bridgehead atoms. The summed E-state index contributed by atoms with van der Waals surface area (Å²) in [7, 11) is 0. The average molecular weight is 649 g/mol. The van der Waals surface area contributed by atoms with E-state index in [1.54, 1.807) is 34.6 Å². The Morgan fingerprint density at radius 1 is 1.02 bits per heavy atom. The van der Waals surface area contributed by atoms with Gasteiger partial charge < -0.3 is 42.2 Å². The van der Waals surface area contributed by atoms with Crippen LogP contribution >= 0.6 is 11.3 Å². The van der Waals surface area contributed by atoms with Crippen LogP contribution in [0.4, 0.5) is 14.2 Å². The number of carbonyl (C=O) groups excluding carboxylic acids is 5. The number of thiophene rings is 1. The molecule has 13 nitrogen and oxygen atoms in total. The minimum absolute atomic E-state index is 0.0414. The van der Waals surface area contributed by atoms with Gasteiger partial charge in [-0.1, -0.05) is 32.9 Å². The van der Waals surface area contributed by atoms with Crippen LogP contribution in [0.3, 0.4) is 0 Å². The first-order valence-electron chi connectivity index (χ1n) is 14.4. The van der Waals surface area contributed by atoms with E-state index in [4.69, 9.17) is 10.8 Å². The summed E-state index contributed by atoms with van der Waals surface area (Å²) in [5.41, 5.74) is 6.48. The van der Waals surface area contributed by atoms with Crippen molar-refractivity contribution in [2.75, 3.05) is 25.0 Å². The van der Waals surface area contributed by atoms with E-state index in [2.05, 4.69) is 26.6 Å². The van der Waals surface area contributed by atoms with Crippen LogP contribution in [0.5, 0.6) is 0 Å². The molecule has 8 N–H and O–H groups in total. The lowest BCUT2D eigenvalue weighted by Gasteiger charge is -2.25. The normalized spacial score (nSPS) is 14.3. The Balaban J connectivity index is 1.99. The molecule has 3 unspecified atom stereocenters. The van der Waals surface area contributed by atoms with Crippen molar-refractivity contribution in [3.8, 4) is 0 Å². The van der Waals surface area contributed by atoms with Gasteiger partial charge in [0.1, 0.15) is 17.1 Å². The predicted octanol–water partition coefficient (Wildman–Crippen LogP) is 2.36. The summed E-state index contributed by atoms with van der Waals surface area (Å²) in [6.07, 6.45) is -0.380. The van der Waals surface area contributed by atoms with Gasteiger partial charge in [-0.15, -0.1) is 11.3 Å². The molecule has 246 valence electrons. The Hall–Kier alpha value is -4.37. The SMILES string of the molecule is CCC(C(=O)Nc1sc(C(N)=O)c(C)c1C(=O)NCCNC(=O)C(C)[C@H](C)NCC(C)[C@@H](C=O)NC(=O)O)c1ccc(F)cc1. The zero-order chi connectivity index (χ0) is 33.8. The van der Waals surface area contributed by atoms with E-state index in [1.165, 1.54) is 24.3 Å². The maximum absolute atomic E-state index is 13.4. The number of amides is 5. The van der Waals surface area contributed by atoms with Gasteiger partial charge in [0.25, 0.3) is 11.8 Å². The monoisotopic (exact) mass is 648 g/mol. The van der Waals surface area contributed by atoms with Crippen molar-refractivity contribution in [1.29, 1.82) is 0 Å². The van der Waals surface area contributed by atoms with Crippen LogP contribution in [0.2, 0.25) is 0 Å². The summed E-state index contributed by atoms with van der Waals surface area (Å²) in [6, 6.07) is 4.34. The largest absolute Gasteiger partial charge is 0.465 e. The van der Waals surface area contributed by atoms with Gasteiger partial charge in [-0.3, -0.25) is 19.2 Å². The van der Waals surface area contributed by atoms with Crippen molar-refractivity contribution >= 4 is 52.3 Å². The van der Waals surface area contributed by atoms with Crippen LogP contribution in [-0.4, -0.2) is 72.8 Å². The molecule has 1 aromatic heterocycles. The van der Waals surface area contributed by atoms with E-state index < -0.39 is 47.5 Å². The first-order chi connectivity index (χ1) is 21.2. The van der Waals surface area contributed by atoms with E-state index in [-0.39, 0.29) is 52.9 Å². The zero-order valence-corrected chi connectivity index (χ0v) is 26.7. The van der Waals surface area contributed by atoms with Gasteiger partial charge >= 0.3 is 6.09 Å². The standard InChI is InChI=1S/C30H41FN6O7S/c1-6-21(19-7-9-20(31)10-8-19)27(41)37-29-23(17(4)24(45-29)25(32)39)28(42)34-12-11-33-26(40)16(3)18(5)35-13-15(2)22(14-38)36-30(43)44/h7-10,14-16,18,21-22,35-36H,6,11-13H2,1-5H3,(H2,32,39)(H,33,40)(H,34,42)(H,37,41)(H,43,44)/t15?,16?,18-,21?,22+/m0/s1. The van der Waals surface area contributed by atoms with Crippen molar-refractivity contribution < 1.29 is 38.3 Å². The molecule has 1 aromatic carbocycles. The van der Waals surface area contributed by atoms with Crippen LogP contribution in [-0.2, 0) is 14.4 Å². The number of rotatable bonds is 17. The van der Waals surface area contributed by atoms with Gasteiger partial charge in [-0.25, -0.2) is 9.18 Å². The van der Waals surface area contributed by atoms with Crippen LogP contribution in [0.15, 0.2) is 24.3 Å². The van der Waals surface area contributed by atoms with Crippen molar-refractivity contribution in [3.05, 3.63) is 51.7 Å². The molecule has 5 atom stereocenters. The fourth-order valence-corrected chi connectivity index (χ4v) is 5.60. The summed E-state index contributed by atoms with van der Waals surface area (Å²) in [4.78, 5) is 73.2. The number of hydrogen-bond acceptors (Lipinski definition) is 8. The minimum Gasteiger partial charge on any atom is -0.465 e. The maximum Gasteiger partial charge on any atom is 0.405 e. The summed E-state index contributed by atoms with van der Waals surface area (Å²) in [5.74, 6) is -3.98. The fourth-order valence-electron chi connectivity index (χ4n) is 4.54. The molecular formula is C30H41FN6O7S. The second-order valence-corrected chi connectivity index (χ2v) is 11.8. The van der Waals surface area contributed by atoms with Crippen LogP contribution < -0.4 is 32.3 Å². The van der Waals surface area contributed by atoms with E-state index in [1.807, 2.05) is 0 Å². The Morgan fingerprint density at radius 3 is 2.20 bits per heavy atom. The van der Waals surface area contributed by atoms with E-state index in [9.17, 15) is 33.2 Å². The summed E-state index contributed by atoms with van der Waals surface area (Å²) in [6.45, 7) is 8.94. The molecule has 15 heteroatoms. The fraction of sp³-hybridized carbons (Fsp3) is 0.467. The van der Waals surface area contributed by atoms with E-state index >= 15 is 0 Å². The molecule has 5 amide bonds. The van der Waals surface area contributed by atoms with Crippen molar-refractivity contribution in [2.24, 2.45) is 17.6 Å². The van der Waals surface area contributed by atoms with Crippen molar-refractivity contribution in [2.45, 2.75) is 59.0 Å². The molecule has 0 saturated carbocycles. The smallest absolute Gasteiger partial charge is 0.405 e. The highest BCUT2D eigenvalue weighted by Gasteiger charge is 2.28. The summed E-state index contributed by atoms with van der Waals surface area (Å²) < 4.78 is 13.4. The lowest BCUT2D eigenvalue weighted by atomic mass is 9.95. The molecular weight excluding hydrogens is 607 g/mol. The number of anilines is 1. The third-order valence-corrected chi connectivity index (χ3v) is 8.74. The molecule has 0 saturated heterocycles. The van der Waals surface area contributed by atoms with E-state index in [0.29, 0.717) is 23.8 Å². The first-order valence-corrected chi connectivity index (χ1v) is 15.3. The Morgan fingerprint density at radius 2 is 1.64 bits per heavy atom. The Kier molecular flexibility index (Phi) is 14.1. The molecule has 2 rings (SSSR count). The van der Waals surface area contributed by atoms with Gasteiger partial charge in [-0.2, -0.15) is 0 Å². The van der Waals surface area contributed by atoms with Gasteiger partial charge in [0.2, 0.25) is 11.8 Å². The lowest BCUT2D eigenvalue weighted by molar-refractivity contribution is -0.125. The lowest BCUT2D eigenvalue weighted by Crippen LogP contribution is -2.48. The molecule has 1 heterocycles. The second-order valence-electron chi connectivity index (χ2n) is 10.7. The van der Waals surface area contributed by atoms with Crippen LogP contribution in [0.1, 0.15) is 71.2 Å². The Labute approximate surface area is 264 Å². The van der Waals surface area contributed by atoms with Gasteiger partial charge in [-0.05, 0) is 49.4 Å². The molecule has 0 spiro atoms. The number of halogens is 1. The molecule has 0 aliphatic heterocycles. The second kappa shape index (κ2) is 17.2. The molecule has 45 heavy (non-hydrogen) atoms. The van der Waals surface area contributed by atoms with Crippen LogP contribution in [0.25, 0.3) is 0 Å². The Bertz CT molecular complexity index is 1380. The number of hydrogen-bond donors (Lipinski definition) is 7. The number of carbonyl (C=O) groups is 6. The number of primary amides is 1. The predicted molar refractivity (Wildman–Crippen MR) is 168 cm³/mol. The summed E-state index contributed by atoms with van der Waals surface area (Å²) >= 11 is 0.884. The molecule has 0 radical (unpaired) electrons. The third kappa shape index (κ3) is 10.4. The number of nitrogens with two attached hydrogens (primary N) is 1. The highest BCUT2D eigenvalue weighted by molar-refractivity contribution is 7.18. The van der Waals surface area contributed by atoms with Crippen molar-refractivity contribution in [3.63, 3.8) is 0 Å². The third-order valence-electron chi connectivity index (χ3n) is 7.52. The number of aldehydes is 1. The number of benzene rings is 1. The molecule has 2 aromatic rings. The highest BCUT2D eigenvalue weighted by atomic mass is 32.1. The van der Waals surface area contributed by atoms with Gasteiger partial charge in [0, 0.05) is 25.7 Å².